The number of rotatable bonds is 9. The first-order valence-corrected chi connectivity index (χ1v) is 7.20. The van der Waals surface area contributed by atoms with Gasteiger partial charge in [0.05, 0.1) is 0 Å². The number of nitrogens with one attached hydrogen (secondary N) is 1. The zero-order valence-corrected chi connectivity index (χ0v) is 12.2. The summed E-state index contributed by atoms with van der Waals surface area (Å²) in [5.74, 6) is 0.471. The lowest BCUT2D eigenvalue weighted by molar-refractivity contribution is 0.141. The van der Waals surface area contributed by atoms with Gasteiger partial charge >= 0.3 is 0 Å². The van der Waals surface area contributed by atoms with Crippen LogP contribution in [0, 0.1) is 0 Å². The molecule has 0 amide bonds. The molecule has 0 saturated heterocycles. The van der Waals surface area contributed by atoms with Crippen LogP contribution in [-0.2, 0) is 4.74 Å². The lowest BCUT2D eigenvalue weighted by Gasteiger charge is -2.19. The largest absolute Gasteiger partial charge is 0.382 e. The van der Waals surface area contributed by atoms with Gasteiger partial charge in [0.1, 0.15) is 0 Å². The first-order chi connectivity index (χ1) is 8.79. The third kappa shape index (κ3) is 5.38. The fourth-order valence-electron chi connectivity index (χ4n) is 2.07. The van der Waals surface area contributed by atoms with Crippen LogP contribution < -0.4 is 5.32 Å². The molecule has 1 aromatic carbocycles. The molecule has 3 heteroatoms. The Morgan fingerprint density at radius 3 is 2.72 bits per heavy atom. The highest BCUT2D eigenvalue weighted by atomic mass is 35.5. The average Bonchev–Trinajstić information content (AvgIpc) is 2.39. The summed E-state index contributed by atoms with van der Waals surface area (Å²) in [6, 6.07) is 8.14. The van der Waals surface area contributed by atoms with Gasteiger partial charge in [-0.25, -0.2) is 0 Å². The molecule has 0 bridgehead atoms. The molecule has 1 unspecified atom stereocenters. The first-order valence-electron chi connectivity index (χ1n) is 6.82. The Balaban J connectivity index is 2.57. The number of benzene rings is 1. The molecule has 1 N–H and O–H groups in total. The monoisotopic (exact) mass is 269 g/mol. The molecule has 0 fully saturated rings. The molecule has 18 heavy (non-hydrogen) atoms. The molecule has 102 valence electrons. The summed E-state index contributed by atoms with van der Waals surface area (Å²) < 4.78 is 5.40. The van der Waals surface area contributed by atoms with Gasteiger partial charge in [-0.05, 0) is 43.9 Å². The maximum absolute atomic E-state index is 6.28. The summed E-state index contributed by atoms with van der Waals surface area (Å²) in [6.07, 6.45) is 2.19. The standard InChI is InChI=1S/C15H24ClNO/c1-3-17-12-13(8-7-11-18-4-2)14-9-5-6-10-15(14)16/h5-6,9-10,13,17H,3-4,7-8,11-12H2,1-2H3. The molecule has 0 radical (unpaired) electrons. The molecule has 1 atom stereocenters. The summed E-state index contributed by atoms with van der Waals surface area (Å²) in [5, 5.41) is 4.29. The minimum absolute atomic E-state index is 0.471. The van der Waals surface area contributed by atoms with E-state index in [4.69, 9.17) is 16.3 Å². The van der Waals surface area contributed by atoms with E-state index < -0.39 is 0 Å². The number of likely N-dealkylation sites (N-methyl/N-ethyl adjacent to an activating group) is 1. The Hall–Kier alpha value is -0.570. The molecule has 0 aliphatic carbocycles. The Kier molecular flexibility index (Phi) is 8.06. The van der Waals surface area contributed by atoms with Gasteiger partial charge in [-0.3, -0.25) is 0 Å². The first kappa shape index (κ1) is 15.5. The average molecular weight is 270 g/mol. The third-order valence-electron chi connectivity index (χ3n) is 3.03. The van der Waals surface area contributed by atoms with Crippen LogP contribution in [0.15, 0.2) is 24.3 Å². The Bertz CT molecular complexity index is 330. The van der Waals surface area contributed by atoms with Crippen molar-refractivity contribution in [2.24, 2.45) is 0 Å². The zero-order chi connectivity index (χ0) is 13.2. The number of hydrogen-bond donors (Lipinski definition) is 1. The Morgan fingerprint density at radius 1 is 1.28 bits per heavy atom. The van der Waals surface area contributed by atoms with E-state index >= 15 is 0 Å². The molecular weight excluding hydrogens is 246 g/mol. The normalized spacial score (nSPS) is 12.6. The van der Waals surface area contributed by atoms with E-state index in [9.17, 15) is 0 Å². The topological polar surface area (TPSA) is 21.3 Å². The number of hydrogen-bond acceptors (Lipinski definition) is 2. The van der Waals surface area contributed by atoms with Crippen molar-refractivity contribution in [2.75, 3.05) is 26.3 Å². The summed E-state index contributed by atoms with van der Waals surface area (Å²) in [5.41, 5.74) is 1.25. The van der Waals surface area contributed by atoms with Crippen molar-refractivity contribution >= 4 is 11.6 Å². The minimum Gasteiger partial charge on any atom is -0.382 e. The van der Waals surface area contributed by atoms with Crippen molar-refractivity contribution in [3.8, 4) is 0 Å². The second-order valence-electron chi connectivity index (χ2n) is 4.37. The molecular formula is C15H24ClNO. The van der Waals surface area contributed by atoms with Crippen molar-refractivity contribution in [3.05, 3.63) is 34.9 Å². The van der Waals surface area contributed by atoms with Gasteiger partial charge in [-0.2, -0.15) is 0 Å². The summed E-state index contributed by atoms with van der Waals surface area (Å²) in [6.45, 7) is 7.76. The fourth-order valence-corrected chi connectivity index (χ4v) is 2.36. The molecule has 0 aromatic heterocycles. The molecule has 0 saturated carbocycles. The van der Waals surface area contributed by atoms with Crippen LogP contribution in [0.3, 0.4) is 0 Å². The molecule has 1 aromatic rings. The smallest absolute Gasteiger partial charge is 0.0466 e. The fraction of sp³-hybridized carbons (Fsp3) is 0.600. The van der Waals surface area contributed by atoms with Gasteiger partial charge in [-0.1, -0.05) is 36.7 Å². The molecule has 0 aliphatic heterocycles. The van der Waals surface area contributed by atoms with Gasteiger partial charge in [0.25, 0.3) is 0 Å². The number of ether oxygens (including phenoxy) is 1. The third-order valence-corrected chi connectivity index (χ3v) is 3.38. The van der Waals surface area contributed by atoms with E-state index in [1.54, 1.807) is 0 Å². The summed E-state index contributed by atoms with van der Waals surface area (Å²) in [7, 11) is 0. The van der Waals surface area contributed by atoms with Gasteiger partial charge in [-0.15, -0.1) is 0 Å². The van der Waals surface area contributed by atoms with Crippen molar-refractivity contribution < 1.29 is 4.74 Å². The van der Waals surface area contributed by atoms with E-state index in [2.05, 4.69) is 24.4 Å². The molecule has 1 rings (SSSR count). The highest BCUT2D eigenvalue weighted by Gasteiger charge is 2.13. The predicted octanol–water partition coefficient (Wildman–Crippen LogP) is 3.85. The predicted molar refractivity (Wildman–Crippen MR) is 78.5 cm³/mol. The highest BCUT2D eigenvalue weighted by molar-refractivity contribution is 6.31. The maximum Gasteiger partial charge on any atom is 0.0466 e. The van der Waals surface area contributed by atoms with Crippen LogP contribution in [-0.4, -0.2) is 26.3 Å². The lowest BCUT2D eigenvalue weighted by Crippen LogP contribution is -2.21. The second kappa shape index (κ2) is 9.37. The van der Waals surface area contributed by atoms with Crippen LogP contribution in [0.1, 0.15) is 38.2 Å². The van der Waals surface area contributed by atoms with Crippen molar-refractivity contribution in [2.45, 2.75) is 32.6 Å². The summed E-state index contributed by atoms with van der Waals surface area (Å²) >= 11 is 6.28. The van der Waals surface area contributed by atoms with Gasteiger partial charge in [0, 0.05) is 24.8 Å². The minimum atomic E-state index is 0.471. The maximum atomic E-state index is 6.28. The van der Waals surface area contributed by atoms with Crippen LogP contribution in [0.5, 0.6) is 0 Å². The van der Waals surface area contributed by atoms with Gasteiger partial charge < -0.3 is 10.1 Å². The van der Waals surface area contributed by atoms with Crippen LogP contribution in [0.25, 0.3) is 0 Å². The highest BCUT2D eigenvalue weighted by Crippen LogP contribution is 2.27. The van der Waals surface area contributed by atoms with Crippen molar-refractivity contribution in [1.82, 2.24) is 5.32 Å². The van der Waals surface area contributed by atoms with E-state index in [-0.39, 0.29) is 0 Å². The quantitative estimate of drug-likeness (QED) is 0.688. The van der Waals surface area contributed by atoms with Gasteiger partial charge in [0.2, 0.25) is 0 Å². The summed E-state index contributed by atoms with van der Waals surface area (Å²) in [4.78, 5) is 0. The van der Waals surface area contributed by atoms with Crippen molar-refractivity contribution in [3.63, 3.8) is 0 Å². The number of halogens is 1. The Morgan fingerprint density at radius 2 is 2.06 bits per heavy atom. The lowest BCUT2D eigenvalue weighted by atomic mass is 9.94. The van der Waals surface area contributed by atoms with E-state index in [0.717, 1.165) is 44.2 Å². The molecule has 0 heterocycles. The van der Waals surface area contributed by atoms with E-state index in [0.29, 0.717) is 5.92 Å². The molecule has 0 spiro atoms. The van der Waals surface area contributed by atoms with E-state index in [1.165, 1.54) is 5.56 Å². The zero-order valence-electron chi connectivity index (χ0n) is 11.4. The molecule has 0 aliphatic rings. The van der Waals surface area contributed by atoms with Crippen molar-refractivity contribution in [1.29, 1.82) is 0 Å². The second-order valence-corrected chi connectivity index (χ2v) is 4.77. The van der Waals surface area contributed by atoms with Crippen LogP contribution in [0.2, 0.25) is 5.02 Å². The van der Waals surface area contributed by atoms with Gasteiger partial charge in [0.15, 0.2) is 0 Å². The molecule has 2 nitrogen and oxygen atoms in total. The van der Waals surface area contributed by atoms with E-state index in [1.807, 2.05) is 19.1 Å². The van der Waals surface area contributed by atoms with Crippen LogP contribution in [0.4, 0.5) is 0 Å². The van der Waals surface area contributed by atoms with Crippen LogP contribution >= 0.6 is 11.6 Å². The SMILES string of the molecule is CCNCC(CCCOCC)c1ccccc1Cl. The Labute approximate surface area is 116 Å².